The summed E-state index contributed by atoms with van der Waals surface area (Å²) in [4.78, 5) is 16.3. The van der Waals surface area contributed by atoms with Crippen molar-refractivity contribution in [2.45, 2.75) is 32.5 Å². The van der Waals surface area contributed by atoms with Gasteiger partial charge in [0, 0.05) is 23.8 Å². The van der Waals surface area contributed by atoms with E-state index in [4.69, 9.17) is 9.47 Å². The Morgan fingerprint density at radius 3 is 2.82 bits per heavy atom. The summed E-state index contributed by atoms with van der Waals surface area (Å²) in [5.74, 6) is -0.387. The van der Waals surface area contributed by atoms with Crippen LogP contribution in [-0.4, -0.2) is 45.1 Å². The van der Waals surface area contributed by atoms with Gasteiger partial charge < -0.3 is 14.0 Å². The summed E-state index contributed by atoms with van der Waals surface area (Å²) in [5.41, 5.74) is 0.501. The highest BCUT2D eigenvalue weighted by Gasteiger charge is 2.21. The molecule has 0 N–H and O–H groups in total. The van der Waals surface area contributed by atoms with Gasteiger partial charge in [-0.1, -0.05) is 0 Å². The molecule has 2 heterocycles. The summed E-state index contributed by atoms with van der Waals surface area (Å²) in [7, 11) is 1.57. The van der Waals surface area contributed by atoms with Crippen LogP contribution in [0.2, 0.25) is 0 Å². The molecule has 120 valence electrons. The molecule has 0 aliphatic carbocycles. The van der Waals surface area contributed by atoms with Gasteiger partial charge in [0.2, 0.25) is 0 Å². The summed E-state index contributed by atoms with van der Waals surface area (Å²) in [6.45, 7) is 4.69. The maximum atomic E-state index is 12.4. The molecule has 2 rings (SSSR count). The number of hydrogen-bond acceptors (Lipinski definition) is 5. The van der Waals surface area contributed by atoms with Crippen LogP contribution in [0.25, 0.3) is 0 Å². The van der Waals surface area contributed by atoms with E-state index in [1.165, 1.54) is 6.33 Å². The SMILES string of the molecule is COCC(Cn1cncn1)OC(=O)c1cc(Br)cn1C(C)C. The van der Waals surface area contributed by atoms with Crippen LogP contribution < -0.4 is 0 Å². The van der Waals surface area contributed by atoms with Crippen molar-refractivity contribution in [3.8, 4) is 0 Å². The molecule has 0 spiro atoms. The van der Waals surface area contributed by atoms with Gasteiger partial charge in [0.05, 0.1) is 13.2 Å². The second kappa shape index (κ2) is 7.55. The van der Waals surface area contributed by atoms with Crippen LogP contribution in [0.1, 0.15) is 30.4 Å². The van der Waals surface area contributed by atoms with E-state index in [0.29, 0.717) is 12.2 Å². The zero-order valence-corrected chi connectivity index (χ0v) is 14.4. The van der Waals surface area contributed by atoms with Crippen LogP contribution in [0.4, 0.5) is 0 Å². The molecule has 2 aromatic rings. The number of esters is 1. The van der Waals surface area contributed by atoms with E-state index in [9.17, 15) is 4.79 Å². The van der Waals surface area contributed by atoms with E-state index in [1.54, 1.807) is 24.2 Å². The normalized spacial score (nSPS) is 12.6. The highest BCUT2D eigenvalue weighted by atomic mass is 79.9. The third-order valence-corrected chi connectivity index (χ3v) is 3.50. The molecule has 0 amide bonds. The molecule has 1 atom stereocenters. The molecule has 7 nitrogen and oxygen atoms in total. The fraction of sp³-hybridized carbons (Fsp3) is 0.500. The van der Waals surface area contributed by atoms with E-state index in [2.05, 4.69) is 26.0 Å². The van der Waals surface area contributed by atoms with Crippen molar-refractivity contribution in [2.24, 2.45) is 0 Å². The lowest BCUT2D eigenvalue weighted by Crippen LogP contribution is -2.29. The molecule has 0 aliphatic rings. The number of methoxy groups -OCH3 is 1. The second-order valence-electron chi connectivity index (χ2n) is 5.14. The van der Waals surface area contributed by atoms with Crippen LogP contribution in [0.3, 0.4) is 0 Å². The van der Waals surface area contributed by atoms with E-state index in [-0.39, 0.29) is 18.6 Å². The van der Waals surface area contributed by atoms with E-state index in [0.717, 1.165) is 4.47 Å². The second-order valence-corrected chi connectivity index (χ2v) is 6.06. The van der Waals surface area contributed by atoms with Crippen molar-refractivity contribution < 1.29 is 14.3 Å². The summed E-state index contributed by atoms with van der Waals surface area (Å²) in [6.07, 6.45) is 4.44. The lowest BCUT2D eigenvalue weighted by molar-refractivity contribution is -0.00193. The molecule has 2 aromatic heterocycles. The summed E-state index contributed by atoms with van der Waals surface area (Å²) in [5, 5.41) is 4.01. The topological polar surface area (TPSA) is 71.2 Å². The lowest BCUT2D eigenvalue weighted by atomic mass is 10.3. The third-order valence-electron chi connectivity index (χ3n) is 3.06. The smallest absolute Gasteiger partial charge is 0.355 e. The maximum Gasteiger partial charge on any atom is 0.355 e. The average Bonchev–Trinajstić information content (AvgIpc) is 3.08. The lowest BCUT2D eigenvalue weighted by Gasteiger charge is -2.18. The minimum atomic E-state index is -0.437. The Hall–Kier alpha value is -1.67. The van der Waals surface area contributed by atoms with Gasteiger partial charge >= 0.3 is 5.97 Å². The van der Waals surface area contributed by atoms with Gasteiger partial charge in [-0.3, -0.25) is 0 Å². The highest BCUT2D eigenvalue weighted by Crippen LogP contribution is 2.20. The predicted octanol–water partition coefficient (Wildman–Crippen LogP) is 2.29. The highest BCUT2D eigenvalue weighted by molar-refractivity contribution is 9.10. The summed E-state index contributed by atoms with van der Waals surface area (Å²) in [6, 6.07) is 1.91. The molecular formula is C14H19BrN4O3. The number of halogens is 1. The van der Waals surface area contributed by atoms with Gasteiger partial charge in [-0.25, -0.2) is 14.5 Å². The van der Waals surface area contributed by atoms with E-state index < -0.39 is 6.10 Å². The fourth-order valence-corrected chi connectivity index (χ4v) is 2.53. The zero-order chi connectivity index (χ0) is 16.1. The minimum absolute atomic E-state index is 0.157. The van der Waals surface area contributed by atoms with Crippen LogP contribution in [0, 0.1) is 0 Å². The maximum absolute atomic E-state index is 12.4. The molecule has 0 bridgehead atoms. The first kappa shape index (κ1) is 16.7. The third kappa shape index (κ3) is 4.17. The first-order chi connectivity index (χ1) is 10.5. The Balaban J connectivity index is 2.10. The van der Waals surface area contributed by atoms with Crippen molar-refractivity contribution in [1.29, 1.82) is 0 Å². The molecule has 8 heteroatoms. The van der Waals surface area contributed by atoms with E-state index >= 15 is 0 Å². The predicted molar refractivity (Wildman–Crippen MR) is 83.6 cm³/mol. The molecule has 22 heavy (non-hydrogen) atoms. The Kier molecular flexibility index (Phi) is 5.73. The molecule has 0 saturated carbocycles. The van der Waals surface area contributed by atoms with Gasteiger partial charge in [0.25, 0.3) is 0 Å². The molecule has 0 aliphatic heterocycles. The van der Waals surface area contributed by atoms with Gasteiger partial charge in [0.15, 0.2) is 0 Å². The molecule has 0 fully saturated rings. The number of carbonyl (C=O) groups excluding carboxylic acids is 1. The minimum Gasteiger partial charge on any atom is -0.453 e. The average molecular weight is 371 g/mol. The van der Waals surface area contributed by atoms with Crippen molar-refractivity contribution in [3.05, 3.63) is 35.1 Å². The van der Waals surface area contributed by atoms with E-state index in [1.807, 2.05) is 24.6 Å². The first-order valence-corrected chi connectivity index (χ1v) is 7.70. The number of rotatable bonds is 7. The Morgan fingerprint density at radius 1 is 1.45 bits per heavy atom. The number of carbonyl (C=O) groups is 1. The zero-order valence-electron chi connectivity index (χ0n) is 12.8. The Morgan fingerprint density at radius 2 is 2.23 bits per heavy atom. The first-order valence-electron chi connectivity index (χ1n) is 6.91. The van der Waals surface area contributed by atoms with Gasteiger partial charge in [-0.15, -0.1) is 0 Å². The molecule has 0 aromatic carbocycles. The molecule has 0 radical (unpaired) electrons. The number of hydrogen-bond donors (Lipinski definition) is 0. The van der Waals surface area contributed by atoms with Crippen LogP contribution in [0.5, 0.6) is 0 Å². The van der Waals surface area contributed by atoms with Crippen molar-refractivity contribution in [1.82, 2.24) is 19.3 Å². The summed E-state index contributed by atoms with van der Waals surface area (Å²) < 4.78 is 15.0. The van der Waals surface area contributed by atoms with Crippen molar-refractivity contribution in [2.75, 3.05) is 13.7 Å². The quantitative estimate of drug-likeness (QED) is 0.699. The number of ether oxygens (including phenoxy) is 2. The Bertz CT molecular complexity index is 610. The monoisotopic (exact) mass is 370 g/mol. The number of nitrogens with zero attached hydrogens (tertiary/aromatic N) is 4. The van der Waals surface area contributed by atoms with Gasteiger partial charge in [-0.05, 0) is 35.8 Å². The molecular weight excluding hydrogens is 352 g/mol. The Labute approximate surface area is 137 Å². The summed E-state index contributed by atoms with van der Waals surface area (Å²) >= 11 is 3.39. The van der Waals surface area contributed by atoms with Crippen LogP contribution in [-0.2, 0) is 16.0 Å². The largest absolute Gasteiger partial charge is 0.453 e. The molecule has 0 saturated heterocycles. The van der Waals surface area contributed by atoms with Gasteiger partial charge in [-0.2, -0.15) is 5.10 Å². The standard InChI is InChI=1S/C14H19BrN4O3/c1-10(2)19-5-11(15)4-13(19)14(20)22-12(7-21-3)6-18-9-16-8-17-18/h4-5,8-10,12H,6-7H2,1-3H3. The van der Waals surface area contributed by atoms with Crippen LogP contribution in [0.15, 0.2) is 29.4 Å². The van der Waals surface area contributed by atoms with Crippen LogP contribution >= 0.6 is 15.9 Å². The van der Waals surface area contributed by atoms with Gasteiger partial charge in [0.1, 0.15) is 24.5 Å². The number of aromatic nitrogens is 4. The van der Waals surface area contributed by atoms with Crippen molar-refractivity contribution in [3.63, 3.8) is 0 Å². The molecule has 1 unspecified atom stereocenters. The van der Waals surface area contributed by atoms with Crippen molar-refractivity contribution >= 4 is 21.9 Å². The fourth-order valence-electron chi connectivity index (χ4n) is 2.09.